The molecule has 36 heavy (non-hydrogen) atoms. The van der Waals surface area contributed by atoms with Crippen LogP contribution in [0.1, 0.15) is 53.1 Å². The fourth-order valence-corrected chi connectivity index (χ4v) is 5.24. The zero-order chi connectivity index (χ0) is 24.8. The molecular formula is C27H24ClFN4O3. The van der Waals surface area contributed by atoms with E-state index in [0.717, 1.165) is 17.7 Å². The van der Waals surface area contributed by atoms with Gasteiger partial charge < -0.3 is 9.47 Å². The Kier molecular flexibility index (Phi) is 6.03. The summed E-state index contributed by atoms with van der Waals surface area (Å²) in [4.78, 5) is 27.5. The summed E-state index contributed by atoms with van der Waals surface area (Å²) in [6.07, 6.45) is 5.35. The van der Waals surface area contributed by atoms with Crippen molar-refractivity contribution in [1.82, 2.24) is 19.4 Å². The molecule has 1 fully saturated rings. The van der Waals surface area contributed by atoms with E-state index in [4.69, 9.17) is 31.0 Å². The third kappa shape index (κ3) is 4.19. The van der Waals surface area contributed by atoms with E-state index in [1.807, 2.05) is 19.1 Å². The van der Waals surface area contributed by atoms with Gasteiger partial charge in [0.1, 0.15) is 11.5 Å². The van der Waals surface area contributed by atoms with Crippen LogP contribution in [0, 0.1) is 12.7 Å². The molecule has 0 radical (unpaired) electrons. The minimum Gasteiger partial charge on any atom is -0.375 e. The maximum Gasteiger partial charge on any atom is 0.261 e. The molecule has 2 atom stereocenters. The molecule has 0 bridgehead atoms. The Morgan fingerprint density at radius 1 is 1.17 bits per heavy atom. The summed E-state index contributed by atoms with van der Waals surface area (Å²) in [5.74, 6) is -0.503. The van der Waals surface area contributed by atoms with Gasteiger partial charge in [0.15, 0.2) is 5.65 Å². The van der Waals surface area contributed by atoms with Crippen LogP contribution in [-0.4, -0.2) is 32.6 Å². The van der Waals surface area contributed by atoms with Crippen molar-refractivity contribution >= 4 is 17.2 Å². The van der Waals surface area contributed by atoms with Gasteiger partial charge >= 0.3 is 0 Å². The summed E-state index contributed by atoms with van der Waals surface area (Å²) in [7, 11) is 0. The molecule has 7 nitrogen and oxygen atoms in total. The standard InChI is InChI=1S/C27H24ClFN4O3/c1-15-10-17(4-7-30-15)24-11-16(5-9-36-24)22-13-33-26(32-23-14-35-8-6-20(23)27(33)34)25(31-22)19-3-2-18(28)12-21(19)29/h2-4,7,10,12-13,16,24H,5-6,8-9,11,14H2,1H3/t16-,24+/m0/s1. The third-order valence-electron chi connectivity index (χ3n) is 6.92. The second-order valence-corrected chi connectivity index (χ2v) is 9.72. The lowest BCUT2D eigenvalue weighted by Crippen LogP contribution is -2.28. The Bertz CT molecular complexity index is 1540. The molecule has 0 aliphatic carbocycles. The van der Waals surface area contributed by atoms with E-state index in [2.05, 4.69) is 4.98 Å². The molecule has 9 heteroatoms. The number of aryl methyl sites for hydroxylation is 1. The summed E-state index contributed by atoms with van der Waals surface area (Å²) < 4.78 is 28.2. The van der Waals surface area contributed by atoms with Crippen molar-refractivity contribution in [3.63, 3.8) is 0 Å². The van der Waals surface area contributed by atoms with Crippen LogP contribution in [0.3, 0.4) is 0 Å². The Morgan fingerprint density at radius 2 is 2.06 bits per heavy atom. The van der Waals surface area contributed by atoms with Crippen LogP contribution >= 0.6 is 11.6 Å². The summed E-state index contributed by atoms with van der Waals surface area (Å²) in [5.41, 5.74) is 4.62. The van der Waals surface area contributed by atoms with Gasteiger partial charge in [-0.3, -0.25) is 14.2 Å². The van der Waals surface area contributed by atoms with Gasteiger partial charge in [-0.25, -0.2) is 14.4 Å². The van der Waals surface area contributed by atoms with Gasteiger partial charge in [-0.15, -0.1) is 0 Å². The first-order valence-corrected chi connectivity index (χ1v) is 12.4. The van der Waals surface area contributed by atoms with Crippen molar-refractivity contribution in [3.8, 4) is 11.3 Å². The SMILES string of the molecule is Cc1cc([C@H]2C[C@@H](c3cn4c(=O)c5c(nc4c(-c4ccc(Cl)cc4F)n3)COCC5)CCO2)ccn1. The quantitative estimate of drug-likeness (QED) is 0.391. The number of pyridine rings is 1. The Hall–Kier alpha value is -3.20. The van der Waals surface area contributed by atoms with Crippen LogP contribution < -0.4 is 5.56 Å². The molecule has 6 rings (SSSR count). The molecule has 1 aromatic carbocycles. The predicted octanol–water partition coefficient (Wildman–Crippen LogP) is 4.96. The fraction of sp³-hybridized carbons (Fsp3) is 0.333. The molecule has 5 heterocycles. The lowest BCUT2D eigenvalue weighted by Gasteiger charge is -2.30. The molecule has 184 valence electrons. The van der Waals surface area contributed by atoms with Gasteiger partial charge in [-0.05, 0) is 55.7 Å². The number of hydrogen-bond donors (Lipinski definition) is 0. The number of rotatable bonds is 3. The smallest absolute Gasteiger partial charge is 0.261 e. The number of nitrogens with zero attached hydrogens (tertiary/aromatic N) is 4. The van der Waals surface area contributed by atoms with Crippen molar-refractivity contribution in [2.75, 3.05) is 13.2 Å². The van der Waals surface area contributed by atoms with Gasteiger partial charge in [0.05, 0.1) is 30.7 Å². The van der Waals surface area contributed by atoms with Gasteiger partial charge in [0, 0.05) is 53.2 Å². The van der Waals surface area contributed by atoms with Crippen molar-refractivity contribution < 1.29 is 13.9 Å². The maximum absolute atomic E-state index is 15.1. The molecule has 1 saturated heterocycles. The van der Waals surface area contributed by atoms with E-state index < -0.39 is 5.82 Å². The topological polar surface area (TPSA) is 78.6 Å². The number of aromatic nitrogens is 4. The van der Waals surface area contributed by atoms with E-state index in [0.29, 0.717) is 54.3 Å². The van der Waals surface area contributed by atoms with Crippen LogP contribution in [-0.2, 0) is 22.5 Å². The van der Waals surface area contributed by atoms with E-state index in [1.54, 1.807) is 24.5 Å². The van der Waals surface area contributed by atoms with Crippen LogP contribution in [0.2, 0.25) is 5.02 Å². The molecule has 2 aliphatic rings. The zero-order valence-electron chi connectivity index (χ0n) is 19.7. The number of benzene rings is 1. The molecule has 2 aliphatic heterocycles. The van der Waals surface area contributed by atoms with Crippen molar-refractivity contribution in [3.05, 3.63) is 92.1 Å². The van der Waals surface area contributed by atoms with Gasteiger partial charge in [0.2, 0.25) is 0 Å². The predicted molar refractivity (Wildman–Crippen MR) is 133 cm³/mol. The highest BCUT2D eigenvalue weighted by Gasteiger charge is 2.29. The Morgan fingerprint density at radius 3 is 2.89 bits per heavy atom. The normalized spacial score (nSPS) is 19.9. The third-order valence-corrected chi connectivity index (χ3v) is 7.16. The highest BCUT2D eigenvalue weighted by Crippen LogP contribution is 2.38. The lowest BCUT2D eigenvalue weighted by molar-refractivity contribution is 0.00451. The van der Waals surface area contributed by atoms with E-state index in [9.17, 15) is 4.79 Å². The highest BCUT2D eigenvalue weighted by atomic mass is 35.5. The number of fused-ring (bicyclic) bond motifs is 2. The molecule has 4 aromatic rings. The molecular weight excluding hydrogens is 483 g/mol. The van der Waals surface area contributed by atoms with Crippen LogP contribution in [0.5, 0.6) is 0 Å². The van der Waals surface area contributed by atoms with Crippen LogP contribution in [0.25, 0.3) is 16.9 Å². The second kappa shape index (κ2) is 9.35. The second-order valence-electron chi connectivity index (χ2n) is 9.29. The first-order valence-electron chi connectivity index (χ1n) is 12.0. The fourth-order valence-electron chi connectivity index (χ4n) is 5.08. The van der Waals surface area contributed by atoms with Gasteiger partial charge in [0.25, 0.3) is 5.56 Å². The minimum atomic E-state index is -0.519. The molecule has 0 unspecified atom stereocenters. The number of halogens is 2. The first kappa shape index (κ1) is 23.2. The Balaban J connectivity index is 1.51. The molecule has 0 saturated carbocycles. The monoisotopic (exact) mass is 506 g/mol. The molecule has 0 N–H and O–H groups in total. The zero-order valence-corrected chi connectivity index (χ0v) is 20.5. The van der Waals surface area contributed by atoms with Crippen molar-refractivity contribution in [1.29, 1.82) is 0 Å². The van der Waals surface area contributed by atoms with Gasteiger partial charge in [-0.1, -0.05) is 11.6 Å². The van der Waals surface area contributed by atoms with Crippen LogP contribution in [0.15, 0.2) is 47.5 Å². The van der Waals surface area contributed by atoms with Gasteiger partial charge in [-0.2, -0.15) is 0 Å². The summed E-state index contributed by atoms with van der Waals surface area (Å²) in [6.45, 7) is 3.22. The summed E-state index contributed by atoms with van der Waals surface area (Å²) in [5, 5.41) is 0.285. The average Bonchev–Trinajstić information content (AvgIpc) is 2.89. The van der Waals surface area contributed by atoms with Crippen molar-refractivity contribution in [2.45, 2.75) is 44.8 Å². The molecule has 0 spiro atoms. The van der Waals surface area contributed by atoms with Crippen LogP contribution in [0.4, 0.5) is 4.39 Å². The largest absolute Gasteiger partial charge is 0.375 e. The van der Waals surface area contributed by atoms with E-state index in [1.165, 1.54) is 10.5 Å². The lowest BCUT2D eigenvalue weighted by atomic mass is 9.89. The number of ether oxygens (including phenoxy) is 2. The average molecular weight is 507 g/mol. The molecule has 0 amide bonds. The summed E-state index contributed by atoms with van der Waals surface area (Å²) in [6, 6.07) is 8.43. The number of hydrogen-bond acceptors (Lipinski definition) is 6. The minimum absolute atomic E-state index is 0.0157. The van der Waals surface area contributed by atoms with E-state index in [-0.39, 0.29) is 34.8 Å². The highest BCUT2D eigenvalue weighted by molar-refractivity contribution is 6.30. The summed E-state index contributed by atoms with van der Waals surface area (Å²) >= 11 is 6.01. The Labute approximate surface area is 211 Å². The van der Waals surface area contributed by atoms with E-state index >= 15 is 4.39 Å². The maximum atomic E-state index is 15.1. The molecule has 3 aromatic heterocycles. The first-order chi connectivity index (χ1) is 17.5. The van der Waals surface area contributed by atoms with Crippen molar-refractivity contribution in [2.24, 2.45) is 0 Å².